The third-order valence-corrected chi connectivity index (χ3v) is 6.69. The topological polar surface area (TPSA) is 143 Å². The Bertz CT molecular complexity index is 958. The molecular weight excluding hydrogens is 498 g/mol. The van der Waals surface area contributed by atoms with Gasteiger partial charge in [0.15, 0.2) is 0 Å². The number of ether oxygens (including phenoxy) is 2. The van der Waals surface area contributed by atoms with Gasteiger partial charge >= 0.3 is 0 Å². The Morgan fingerprint density at radius 1 is 0.897 bits per heavy atom. The van der Waals surface area contributed by atoms with Gasteiger partial charge in [-0.1, -0.05) is 51.3 Å². The van der Waals surface area contributed by atoms with Crippen LogP contribution in [-0.4, -0.2) is 84.7 Å². The molecule has 0 aliphatic heterocycles. The molecule has 1 heterocycles. The highest BCUT2D eigenvalue weighted by Crippen LogP contribution is 2.24. The van der Waals surface area contributed by atoms with E-state index < -0.39 is 0 Å². The number of nitrogens with zero attached hydrogens (tertiary/aromatic N) is 3. The van der Waals surface area contributed by atoms with Gasteiger partial charge in [0.2, 0.25) is 17.8 Å². The molecule has 11 heteroatoms. The van der Waals surface area contributed by atoms with Gasteiger partial charge in [-0.3, -0.25) is 4.79 Å². The first-order chi connectivity index (χ1) is 19.0. The highest BCUT2D eigenvalue weighted by Gasteiger charge is 2.17. The summed E-state index contributed by atoms with van der Waals surface area (Å²) >= 11 is 0. The first-order valence-electron chi connectivity index (χ1n) is 14.1. The maximum atomic E-state index is 12.0. The number of carbonyl (C=O) groups is 1. The van der Waals surface area contributed by atoms with Crippen molar-refractivity contribution < 1.29 is 19.4 Å². The maximum Gasteiger partial charge on any atom is 0.251 e. The van der Waals surface area contributed by atoms with Crippen LogP contribution in [0.3, 0.4) is 0 Å². The zero-order valence-corrected chi connectivity index (χ0v) is 23.3. The van der Waals surface area contributed by atoms with Crippen LogP contribution in [0.1, 0.15) is 56.3 Å². The van der Waals surface area contributed by atoms with E-state index in [0.29, 0.717) is 68.8 Å². The molecule has 5 N–H and O–H groups in total. The van der Waals surface area contributed by atoms with Crippen molar-refractivity contribution in [3.05, 3.63) is 35.9 Å². The summed E-state index contributed by atoms with van der Waals surface area (Å²) < 4.78 is 11.2. The summed E-state index contributed by atoms with van der Waals surface area (Å²) in [4.78, 5) is 25.6. The molecule has 0 bridgehead atoms. The van der Waals surface area contributed by atoms with E-state index in [0.717, 1.165) is 6.54 Å². The summed E-state index contributed by atoms with van der Waals surface area (Å²) in [5.74, 6) is 2.15. The highest BCUT2D eigenvalue weighted by atomic mass is 16.5. The molecule has 1 saturated carbocycles. The van der Waals surface area contributed by atoms with E-state index in [1.807, 2.05) is 32.0 Å². The number of nitrogens with one attached hydrogen (secondary N) is 4. The van der Waals surface area contributed by atoms with Crippen molar-refractivity contribution in [3.8, 4) is 0 Å². The van der Waals surface area contributed by atoms with Crippen molar-refractivity contribution in [2.45, 2.75) is 52.0 Å². The average molecular weight is 544 g/mol. The summed E-state index contributed by atoms with van der Waals surface area (Å²) in [6.45, 7) is 7.63. The SMILES string of the molecule is CC(C)[C@@H](CO)Nc1nc(NCCOCCOCCNC(=O)c2ccccc2)nc(NCC2CCCCC2)n1. The molecule has 0 unspecified atom stereocenters. The second-order valence-electron chi connectivity index (χ2n) is 10.1. The van der Waals surface area contributed by atoms with E-state index in [1.54, 1.807) is 12.1 Å². The Balaban J connectivity index is 1.36. The minimum Gasteiger partial charge on any atom is -0.394 e. The molecule has 1 atom stereocenters. The number of hydrogen-bond donors (Lipinski definition) is 5. The van der Waals surface area contributed by atoms with E-state index in [-0.39, 0.29) is 24.5 Å². The van der Waals surface area contributed by atoms with Crippen LogP contribution in [0.5, 0.6) is 0 Å². The number of hydrogen-bond acceptors (Lipinski definition) is 10. The van der Waals surface area contributed by atoms with E-state index >= 15 is 0 Å². The third-order valence-electron chi connectivity index (χ3n) is 6.69. The van der Waals surface area contributed by atoms with Crippen LogP contribution in [0.15, 0.2) is 30.3 Å². The Kier molecular flexibility index (Phi) is 13.7. The molecular formula is C28H45N7O4. The predicted octanol–water partition coefficient (Wildman–Crippen LogP) is 3.17. The average Bonchev–Trinajstić information content (AvgIpc) is 2.96. The number of aliphatic hydroxyl groups excluding tert-OH is 1. The maximum absolute atomic E-state index is 12.0. The second kappa shape index (κ2) is 17.5. The second-order valence-corrected chi connectivity index (χ2v) is 10.1. The predicted molar refractivity (Wildman–Crippen MR) is 153 cm³/mol. The van der Waals surface area contributed by atoms with E-state index in [1.165, 1.54) is 32.1 Å². The Morgan fingerprint density at radius 2 is 1.54 bits per heavy atom. The fourth-order valence-corrected chi connectivity index (χ4v) is 4.30. The standard InChI is InChI=1S/C28H45N7O4/c1-21(2)24(20-36)32-28-34-26(33-27(35-28)31-19-22-9-5-3-6-10-22)30-14-16-39-18-17-38-15-13-29-25(37)23-11-7-4-8-12-23/h4,7-8,11-12,21-22,24,36H,3,5-6,9-10,13-20H2,1-2H3,(H,29,37)(H3,30,31,32,33,34,35)/t24-/m1/s1. The summed E-state index contributed by atoms with van der Waals surface area (Å²) in [5, 5.41) is 22.4. The van der Waals surface area contributed by atoms with Crippen molar-refractivity contribution in [1.82, 2.24) is 20.3 Å². The van der Waals surface area contributed by atoms with Crippen LogP contribution in [0.4, 0.5) is 17.8 Å². The molecule has 0 radical (unpaired) electrons. The van der Waals surface area contributed by atoms with Crippen LogP contribution < -0.4 is 21.3 Å². The summed E-state index contributed by atoms with van der Waals surface area (Å²) in [6, 6.07) is 8.95. The lowest BCUT2D eigenvalue weighted by molar-refractivity contribution is 0.0519. The zero-order chi connectivity index (χ0) is 27.7. The number of anilines is 3. The van der Waals surface area contributed by atoms with Crippen LogP contribution in [0.2, 0.25) is 0 Å². The van der Waals surface area contributed by atoms with Gasteiger partial charge in [0.1, 0.15) is 0 Å². The minimum atomic E-state index is -0.151. The van der Waals surface area contributed by atoms with Gasteiger partial charge in [-0.25, -0.2) is 0 Å². The zero-order valence-electron chi connectivity index (χ0n) is 23.3. The quantitative estimate of drug-likeness (QED) is 0.178. The highest BCUT2D eigenvalue weighted by molar-refractivity contribution is 5.94. The number of aromatic nitrogens is 3. The van der Waals surface area contributed by atoms with Gasteiger partial charge < -0.3 is 35.8 Å². The Labute approximate surface area is 231 Å². The Hall–Kier alpha value is -3.02. The minimum absolute atomic E-state index is 0.00768. The lowest BCUT2D eigenvalue weighted by atomic mass is 9.89. The molecule has 0 spiro atoms. The number of benzene rings is 1. The molecule has 1 fully saturated rings. The van der Waals surface area contributed by atoms with Gasteiger partial charge in [-0.05, 0) is 36.8 Å². The monoisotopic (exact) mass is 543 g/mol. The summed E-state index contributed by atoms with van der Waals surface area (Å²) in [6.07, 6.45) is 6.36. The van der Waals surface area contributed by atoms with Crippen LogP contribution >= 0.6 is 0 Å². The van der Waals surface area contributed by atoms with Gasteiger partial charge in [0, 0.05) is 25.2 Å². The first kappa shape index (κ1) is 30.5. The molecule has 1 aromatic carbocycles. The molecule has 3 rings (SSSR count). The first-order valence-corrected chi connectivity index (χ1v) is 14.1. The van der Waals surface area contributed by atoms with Crippen molar-refractivity contribution in [2.24, 2.45) is 11.8 Å². The van der Waals surface area contributed by atoms with Crippen LogP contribution in [-0.2, 0) is 9.47 Å². The van der Waals surface area contributed by atoms with Crippen LogP contribution in [0.25, 0.3) is 0 Å². The van der Waals surface area contributed by atoms with Crippen molar-refractivity contribution in [2.75, 3.05) is 68.6 Å². The molecule has 2 aromatic rings. The van der Waals surface area contributed by atoms with Gasteiger partial charge in [0.25, 0.3) is 5.91 Å². The van der Waals surface area contributed by atoms with E-state index in [2.05, 4.69) is 36.2 Å². The molecule has 1 aliphatic carbocycles. The number of aliphatic hydroxyl groups is 1. The molecule has 0 saturated heterocycles. The molecule has 39 heavy (non-hydrogen) atoms. The largest absolute Gasteiger partial charge is 0.394 e. The van der Waals surface area contributed by atoms with Gasteiger partial charge in [0.05, 0.1) is 39.1 Å². The molecule has 216 valence electrons. The Morgan fingerprint density at radius 3 is 2.21 bits per heavy atom. The molecule has 11 nitrogen and oxygen atoms in total. The van der Waals surface area contributed by atoms with Crippen LogP contribution in [0, 0.1) is 11.8 Å². The fourth-order valence-electron chi connectivity index (χ4n) is 4.30. The number of amides is 1. The lowest BCUT2D eigenvalue weighted by Gasteiger charge is -2.22. The van der Waals surface area contributed by atoms with Crippen molar-refractivity contribution in [3.63, 3.8) is 0 Å². The van der Waals surface area contributed by atoms with E-state index in [4.69, 9.17) is 9.47 Å². The van der Waals surface area contributed by atoms with Crippen molar-refractivity contribution >= 4 is 23.8 Å². The molecule has 1 aliphatic rings. The van der Waals surface area contributed by atoms with Gasteiger partial charge in [-0.15, -0.1) is 0 Å². The van der Waals surface area contributed by atoms with Crippen molar-refractivity contribution in [1.29, 1.82) is 0 Å². The molecule has 1 aromatic heterocycles. The lowest BCUT2D eigenvalue weighted by Crippen LogP contribution is -2.31. The normalized spacial score (nSPS) is 14.7. The fraction of sp³-hybridized carbons (Fsp3) is 0.643. The van der Waals surface area contributed by atoms with E-state index in [9.17, 15) is 9.90 Å². The molecule has 1 amide bonds. The third kappa shape index (κ3) is 11.7. The summed E-state index contributed by atoms with van der Waals surface area (Å²) in [5.41, 5.74) is 0.634. The smallest absolute Gasteiger partial charge is 0.251 e. The number of carbonyl (C=O) groups excluding carboxylic acids is 1. The number of rotatable bonds is 18. The summed E-state index contributed by atoms with van der Waals surface area (Å²) in [7, 11) is 0. The van der Waals surface area contributed by atoms with Gasteiger partial charge in [-0.2, -0.15) is 15.0 Å².